The number of nitrogens with zero attached hydrogens (tertiary/aromatic N) is 2. The van der Waals surface area contributed by atoms with Gasteiger partial charge in [0, 0.05) is 17.8 Å². The summed E-state index contributed by atoms with van der Waals surface area (Å²) in [5.74, 6) is 0.464. The summed E-state index contributed by atoms with van der Waals surface area (Å²) in [4.78, 5) is 21.1. The fourth-order valence-electron chi connectivity index (χ4n) is 2.01. The minimum absolute atomic E-state index is 0.0232. The minimum atomic E-state index is -0.223. The van der Waals surface area contributed by atoms with Crippen molar-refractivity contribution in [1.29, 1.82) is 0 Å². The summed E-state index contributed by atoms with van der Waals surface area (Å²) in [7, 11) is 0. The molecule has 1 N–H and O–H groups in total. The second-order valence-electron chi connectivity index (χ2n) is 5.94. The van der Waals surface area contributed by atoms with Crippen molar-refractivity contribution in [3.05, 3.63) is 42.1 Å². The van der Waals surface area contributed by atoms with Gasteiger partial charge in [-0.3, -0.25) is 4.79 Å². The van der Waals surface area contributed by atoms with Crippen LogP contribution in [0.3, 0.4) is 0 Å². The van der Waals surface area contributed by atoms with Gasteiger partial charge in [-0.1, -0.05) is 55.9 Å². The first kappa shape index (κ1) is 17.5. The van der Waals surface area contributed by atoms with Crippen LogP contribution < -0.4 is 5.32 Å². The molecule has 0 spiro atoms. The summed E-state index contributed by atoms with van der Waals surface area (Å²) in [6, 6.07) is 12.0. The van der Waals surface area contributed by atoms with E-state index in [1.807, 2.05) is 50.2 Å². The van der Waals surface area contributed by atoms with Gasteiger partial charge in [0.2, 0.25) is 5.91 Å². The fraction of sp³-hybridized carbons (Fsp3) is 0.389. The molecule has 4 nitrogen and oxygen atoms in total. The van der Waals surface area contributed by atoms with Crippen molar-refractivity contribution >= 4 is 17.7 Å². The van der Waals surface area contributed by atoms with E-state index in [1.54, 1.807) is 0 Å². The van der Waals surface area contributed by atoms with Crippen molar-refractivity contribution in [2.45, 2.75) is 38.1 Å². The first-order valence-electron chi connectivity index (χ1n) is 7.81. The molecule has 23 heavy (non-hydrogen) atoms. The molecule has 1 heterocycles. The summed E-state index contributed by atoms with van der Waals surface area (Å²) >= 11 is 1.39. The molecule has 1 amide bonds. The van der Waals surface area contributed by atoms with E-state index >= 15 is 0 Å². The Kier molecular flexibility index (Phi) is 6.16. The Morgan fingerprint density at radius 1 is 1.17 bits per heavy atom. The minimum Gasteiger partial charge on any atom is -0.355 e. The quantitative estimate of drug-likeness (QED) is 0.648. The van der Waals surface area contributed by atoms with Crippen molar-refractivity contribution < 1.29 is 4.79 Å². The van der Waals surface area contributed by atoms with E-state index in [0.29, 0.717) is 17.6 Å². The maximum Gasteiger partial charge on any atom is 0.233 e. The van der Waals surface area contributed by atoms with Crippen LogP contribution in [0.25, 0.3) is 11.3 Å². The van der Waals surface area contributed by atoms with Gasteiger partial charge >= 0.3 is 0 Å². The molecule has 0 unspecified atom stereocenters. The molecule has 1 aromatic carbocycles. The van der Waals surface area contributed by atoms with E-state index in [4.69, 9.17) is 0 Å². The summed E-state index contributed by atoms with van der Waals surface area (Å²) in [6.45, 7) is 8.67. The van der Waals surface area contributed by atoms with Gasteiger partial charge in [-0.2, -0.15) is 0 Å². The molecule has 0 bridgehead atoms. The van der Waals surface area contributed by atoms with Gasteiger partial charge in [-0.15, -0.1) is 0 Å². The van der Waals surface area contributed by atoms with E-state index in [0.717, 1.165) is 17.0 Å². The van der Waals surface area contributed by atoms with Gasteiger partial charge in [0.05, 0.1) is 10.9 Å². The van der Waals surface area contributed by atoms with Crippen molar-refractivity contribution in [3.63, 3.8) is 0 Å². The topological polar surface area (TPSA) is 54.9 Å². The smallest absolute Gasteiger partial charge is 0.233 e. The standard InChI is InChI=1S/C18H23N3OS/c1-12(2)11-19-17(22)14(4)23-18-20-13(3)10-16(21-18)15-8-6-5-7-9-15/h5-10,12,14H,11H2,1-4H3,(H,19,22)/t14-/m0/s1. The molecule has 0 aliphatic carbocycles. The molecule has 0 fully saturated rings. The molecule has 2 aromatic rings. The lowest BCUT2D eigenvalue weighted by Crippen LogP contribution is -2.33. The number of aromatic nitrogens is 2. The number of thioether (sulfide) groups is 1. The lowest BCUT2D eigenvalue weighted by Gasteiger charge is -2.13. The Labute approximate surface area is 142 Å². The number of aryl methyl sites for hydroxylation is 1. The van der Waals surface area contributed by atoms with Crippen molar-refractivity contribution in [2.24, 2.45) is 5.92 Å². The van der Waals surface area contributed by atoms with E-state index < -0.39 is 0 Å². The lowest BCUT2D eigenvalue weighted by molar-refractivity contribution is -0.120. The molecular formula is C18H23N3OS. The monoisotopic (exact) mass is 329 g/mol. The molecule has 0 aliphatic heterocycles. The normalized spacial score (nSPS) is 12.2. The molecule has 2 rings (SSSR count). The van der Waals surface area contributed by atoms with Crippen LogP contribution in [-0.4, -0.2) is 27.7 Å². The van der Waals surface area contributed by atoms with Crippen molar-refractivity contribution in [2.75, 3.05) is 6.54 Å². The van der Waals surface area contributed by atoms with Crippen LogP contribution in [0.2, 0.25) is 0 Å². The SMILES string of the molecule is Cc1cc(-c2ccccc2)nc(S[C@@H](C)C(=O)NCC(C)C)n1. The average Bonchev–Trinajstić information content (AvgIpc) is 2.52. The lowest BCUT2D eigenvalue weighted by atomic mass is 10.1. The highest BCUT2D eigenvalue weighted by molar-refractivity contribution is 8.00. The molecular weight excluding hydrogens is 306 g/mol. The number of hydrogen-bond donors (Lipinski definition) is 1. The maximum atomic E-state index is 12.1. The van der Waals surface area contributed by atoms with Crippen LogP contribution in [0.4, 0.5) is 0 Å². The second-order valence-corrected chi connectivity index (χ2v) is 7.25. The molecule has 122 valence electrons. The zero-order valence-electron chi connectivity index (χ0n) is 14.0. The number of hydrogen-bond acceptors (Lipinski definition) is 4. The van der Waals surface area contributed by atoms with Crippen LogP contribution >= 0.6 is 11.8 Å². The first-order valence-corrected chi connectivity index (χ1v) is 8.69. The van der Waals surface area contributed by atoms with Gasteiger partial charge in [-0.05, 0) is 25.8 Å². The Hall–Kier alpha value is -1.88. The number of carbonyl (C=O) groups excluding carboxylic acids is 1. The zero-order chi connectivity index (χ0) is 16.8. The third-order valence-electron chi connectivity index (χ3n) is 3.24. The Bertz CT molecular complexity index is 659. The van der Waals surface area contributed by atoms with Gasteiger partial charge in [-0.25, -0.2) is 9.97 Å². The number of nitrogens with one attached hydrogen (secondary N) is 1. The zero-order valence-corrected chi connectivity index (χ0v) is 14.9. The predicted molar refractivity (Wildman–Crippen MR) is 95.4 cm³/mol. The number of rotatable bonds is 6. The van der Waals surface area contributed by atoms with Crippen LogP contribution in [-0.2, 0) is 4.79 Å². The van der Waals surface area contributed by atoms with E-state index in [-0.39, 0.29) is 11.2 Å². The first-order chi connectivity index (χ1) is 11.0. The molecule has 1 atom stereocenters. The summed E-state index contributed by atoms with van der Waals surface area (Å²) in [5, 5.41) is 3.36. The number of benzene rings is 1. The maximum absolute atomic E-state index is 12.1. The Morgan fingerprint density at radius 3 is 2.52 bits per heavy atom. The third kappa shape index (κ3) is 5.36. The highest BCUT2D eigenvalue weighted by Crippen LogP contribution is 2.24. The van der Waals surface area contributed by atoms with Gasteiger partial charge in [0.15, 0.2) is 5.16 Å². The molecule has 1 aromatic heterocycles. The molecule has 0 saturated heterocycles. The van der Waals surface area contributed by atoms with E-state index in [2.05, 4.69) is 29.1 Å². The van der Waals surface area contributed by atoms with Gasteiger partial charge < -0.3 is 5.32 Å². The summed E-state index contributed by atoms with van der Waals surface area (Å²) < 4.78 is 0. The van der Waals surface area contributed by atoms with E-state index in [9.17, 15) is 4.79 Å². The van der Waals surface area contributed by atoms with Crippen molar-refractivity contribution in [1.82, 2.24) is 15.3 Å². The predicted octanol–water partition coefficient (Wildman–Crippen LogP) is 3.70. The van der Waals surface area contributed by atoms with E-state index in [1.165, 1.54) is 11.8 Å². The molecule has 5 heteroatoms. The molecule has 0 saturated carbocycles. The number of carbonyl (C=O) groups is 1. The Morgan fingerprint density at radius 2 is 1.87 bits per heavy atom. The van der Waals surface area contributed by atoms with Crippen LogP contribution in [0, 0.1) is 12.8 Å². The highest BCUT2D eigenvalue weighted by atomic mass is 32.2. The largest absolute Gasteiger partial charge is 0.355 e. The van der Waals surface area contributed by atoms with Gasteiger partial charge in [0.1, 0.15) is 0 Å². The third-order valence-corrected chi connectivity index (χ3v) is 4.20. The summed E-state index contributed by atoms with van der Waals surface area (Å²) in [6.07, 6.45) is 0. The van der Waals surface area contributed by atoms with Crippen LogP contribution in [0.5, 0.6) is 0 Å². The second kappa shape index (κ2) is 8.11. The van der Waals surface area contributed by atoms with Gasteiger partial charge in [0.25, 0.3) is 0 Å². The Balaban J connectivity index is 2.11. The molecule has 0 aliphatic rings. The average molecular weight is 329 g/mol. The summed E-state index contributed by atoms with van der Waals surface area (Å²) in [5.41, 5.74) is 2.84. The molecule has 0 radical (unpaired) electrons. The highest BCUT2D eigenvalue weighted by Gasteiger charge is 2.16. The van der Waals surface area contributed by atoms with Crippen molar-refractivity contribution in [3.8, 4) is 11.3 Å². The van der Waals surface area contributed by atoms with Crippen LogP contribution in [0.15, 0.2) is 41.6 Å². The number of amides is 1. The fourth-order valence-corrected chi connectivity index (χ4v) is 2.87. The van der Waals surface area contributed by atoms with Crippen LogP contribution in [0.1, 0.15) is 26.5 Å².